The minimum Gasteiger partial charge on any atom is -0.393 e. The van der Waals surface area contributed by atoms with Gasteiger partial charge in [-0.15, -0.1) is 0 Å². The molecule has 0 saturated carbocycles. The maximum atomic E-state index is 10.9. The zero-order valence-electron chi connectivity index (χ0n) is 7.92. The zero-order valence-corrected chi connectivity index (χ0v) is 7.92. The van der Waals surface area contributed by atoms with Crippen molar-refractivity contribution in [3.05, 3.63) is 0 Å². The van der Waals surface area contributed by atoms with Crippen molar-refractivity contribution in [3.8, 4) is 0 Å². The summed E-state index contributed by atoms with van der Waals surface area (Å²) in [7, 11) is 0. The fourth-order valence-electron chi connectivity index (χ4n) is 0.602. The number of carbonyl (C=O) groups is 2. The fraction of sp³-hybridized carbons (Fsp3) is 0.778. The molecule has 0 spiro atoms. The van der Waals surface area contributed by atoms with Gasteiger partial charge < -0.3 is 4.74 Å². The van der Waals surface area contributed by atoms with E-state index >= 15 is 0 Å². The Bertz CT molecular complexity index is 161. The van der Waals surface area contributed by atoms with Crippen LogP contribution in [0.1, 0.15) is 40.0 Å². The van der Waals surface area contributed by atoms with E-state index in [4.69, 9.17) is 0 Å². The maximum absolute atomic E-state index is 10.9. The molecule has 0 radical (unpaired) electrons. The molecule has 0 bridgehead atoms. The molecule has 0 aliphatic carbocycles. The van der Waals surface area contributed by atoms with E-state index in [0.717, 1.165) is 12.8 Å². The van der Waals surface area contributed by atoms with Crippen molar-refractivity contribution < 1.29 is 14.3 Å². The predicted octanol–water partition coefficient (Wildman–Crippen LogP) is 1.90. The quantitative estimate of drug-likeness (QED) is 0.480. The van der Waals surface area contributed by atoms with Crippen LogP contribution in [0.25, 0.3) is 0 Å². The lowest BCUT2D eigenvalue weighted by Crippen LogP contribution is -2.16. The molecule has 0 heterocycles. The second kappa shape index (κ2) is 5.75. The molecule has 0 N–H and O–H groups in total. The molecule has 0 rings (SSSR count). The van der Waals surface area contributed by atoms with E-state index in [1.807, 2.05) is 6.92 Å². The molecule has 3 nitrogen and oxygen atoms in total. The molecule has 0 aromatic heterocycles. The highest BCUT2D eigenvalue weighted by Crippen LogP contribution is 2.01. The third kappa shape index (κ3) is 4.88. The molecular weight excluding hydrogens is 156 g/mol. The highest BCUT2D eigenvalue weighted by Gasteiger charge is 2.12. The lowest BCUT2D eigenvalue weighted by molar-refractivity contribution is -0.162. The van der Waals surface area contributed by atoms with Gasteiger partial charge in [-0.05, 0) is 6.42 Å². The summed E-state index contributed by atoms with van der Waals surface area (Å²) in [6.07, 6.45) is 2.06. The molecular formula is C9H16O3. The number of hydrogen-bond donors (Lipinski definition) is 0. The van der Waals surface area contributed by atoms with Crippen molar-refractivity contribution in [1.29, 1.82) is 0 Å². The first kappa shape index (κ1) is 11.1. The Morgan fingerprint density at radius 2 is 1.92 bits per heavy atom. The summed E-state index contributed by atoms with van der Waals surface area (Å²) in [6.45, 7) is 5.39. The minimum atomic E-state index is -0.434. The van der Waals surface area contributed by atoms with Crippen molar-refractivity contribution in [1.82, 2.24) is 0 Å². The van der Waals surface area contributed by atoms with Crippen LogP contribution in [0.4, 0.5) is 0 Å². The molecule has 3 heteroatoms. The van der Waals surface area contributed by atoms with Crippen molar-refractivity contribution in [2.45, 2.75) is 40.0 Å². The predicted molar refractivity (Wildman–Crippen MR) is 45.5 cm³/mol. The standard InChI is InChI=1S/C9H16O3/c1-4-5-6-8(10)12-9(11)7(2)3/h7H,4-6H2,1-3H3. The zero-order chi connectivity index (χ0) is 9.56. The molecule has 0 aliphatic heterocycles. The van der Waals surface area contributed by atoms with Crippen LogP contribution in [0.15, 0.2) is 0 Å². The van der Waals surface area contributed by atoms with Crippen LogP contribution in [0.5, 0.6) is 0 Å². The van der Waals surface area contributed by atoms with Crippen LogP contribution in [0.2, 0.25) is 0 Å². The van der Waals surface area contributed by atoms with Crippen molar-refractivity contribution in [2.75, 3.05) is 0 Å². The maximum Gasteiger partial charge on any atom is 0.316 e. The summed E-state index contributed by atoms with van der Waals surface area (Å²) in [6, 6.07) is 0. The number of unbranched alkanes of at least 4 members (excludes halogenated alkanes) is 1. The van der Waals surface area contributed by atoms with Gasteiger partial charge in [0.15, 0.2) is 0 Å². The molecule has 0 saturated heterocycles. The van der Waals surface area contributed by atoms with E-state index in [1.54, 1.807) is 13.8 Å². The third-order valence-corrected chi connectivity index (χ3v) is 1.42. The number of esters is 2. The molecule has 12 heavy (non-hydrogen) atoms. The summed E-state index contributed by atoms with van der Waals surface area (Å²) in [5.74, 6) is -1.07. The first-order valence-corrected chi connectivity index (χ1v) is 4.32. The summed E-state index contributed by atoms with van der Waals surface area (Å²) < 4.78 is 4.54. The summed E-state index contributed by atoms with van der Waals surface area (Å²) >= 11 is 0. The topological polar surface area (TPSA) is 43.4 Å². The summed E-state index contributed by atoms with van der Waals surface area (Å²) in [4.78, 5) is 21.7. The molecule has 0 unspecified atom stereocenters. The van der Waals surface area contributed by atoms with E-state index in [9.17, 15) is 9.59 Å². The van der Waals surface area contributed by atoms with Gasteiger partial charge in [-0.3, -0.25) is 9.59 Å². The van der Waals surface area contributed by atoms with Crippen LogP contribution in [0, 0.1) is 5.92 Å². The second-order valence-corrected chi connectivity index (χ2v) is 3.05. The number of hydrogen-bond acceptors (Lipinski definition) is 3. The number of ether oxygens (including phenoxy) is 1. The van der Waals surface area contributed by atoms with E-state index in [1.165, 1.54) is 0 Å². The highest BCUT2D eigenvalue weighted by molar-refractivity contribution is 5.86. The van der Waals surface area contributed by atoms with Gasteiger partial charge in [0, 0.05) is 6.42 Å². The van der Waals surface area contributed by atoms with Gasteiger partial charge >= 0.3 is 11.9 Å². The van der Waals surface area contributed by atoms with E-state index < -0.39 is 11.9 Å². The Hall–Kier alpha value is -0.860. The van der Waals surface area contributed by atoms with Crippen molar-refractivity contribution in [2.24, 2.45) is 5.92 Å². The summed E-state index contributed by atoms with van der Waals surface area (Å²) in [5, 5.41) is 0. The summed E-state index contributed by atoms with van der Waals surface area (Å²) in [5.41, 5.74) is 0. The Morgan fingerprint density at radius 3 is 2.33 bits per heavy atom. The first-order chi connectivity index (χ1) is 5.57. The Balaban J connectivity index is 3.62. The van der Waals surface area contributed by atoms with Crippen LogP contribution >= 0.6 is 0 Å². The highest BCUT2D eigenvalue weighted by atomic mass is 16.6. The molecule has 0 aliphatic rings. The monoisotopic (exact) mass is 172 g/mol. The molecule has 0 amide bonds. The second-order valence-electron chi connectivity index (χ2n) is 3.05. The SMILES string of the molecule is CCCCC(=O)OC(=O)C(C)C. The van der Waals surface area contributed by atoms with Crippen molar-refractivity contribution >= 4 is 11.9 Å². The molecule has 0 aromatic carbocycles. The smallest absolute Gasteiger partial charge is 0.316 e. The van der Waals surface area contributed by atoms with E-state index in [2.05, 4.69) is 4.74 Å². The van der Waals surface area contributed by atoms with Gasteiger partial charge in [0.05, 0.1) is 5.92 Å². The van der Waals surface area contributed by atoms with Gasteiger partial charge in [-0.1, -0.05) is 27.2 Å². The van der Waals surface area contributed by atoms with Gasteiger partial charge in [0.25, 0.3) is 0 Å². The van der Waals surface area contributed by atoms with Gasteiger partial charge in [0.1, 0.15) is 0 Å². The lowest BCUT2D eigenvalue weighted by Gasteiger charge is -2.03. The van der Waals surface area contributed by atoms with Crippen LogP contribution in [-0.4, -0.2) is 11.9 Å². The molecule has 70 valence electrons. The average Bonchev–Trinajstić information content (AvgIpc) is 2.00. The Labute approximate surface area is 73.1 Å². The molecule has 0 atom stereocenters. The number of carbonyl (C=O) groups excluding carboxylic acids is 2. The largest absolute Gasteiger partial charge is 0.393 e. The Kier molecular flexibility index (Phi) is 5.34. The van der Waals surface area contributed by atoms with Gasteiger partial charge in [-0.25, -0.2) is 0 Å². The van der Waals surface area contributed by atoms with Crippen molar-refractivity contribution in [3.63, 3.8) is 0 Å². The normalized spacial score (nSPS) is 10.0. The van der Waals surface area contributed by atoms with E-state index in [0.29, 0.717) is 6.42 Å². The van der Waals surface area contributed by atoms with E-state index in [-0.39, 0.29) is 5.92 Å². The molecule has 0 fully saturated rings. The lowest BCUT2D eigenvalue weighted by atomic mass is 10.2. The van der Waals surface area contributed by atoms with Crippen LogP contribution in [0.3, 0.4) is 0 Å². The average molecular weight is 172 g/mol. The van der Waals surface area contributed by atoms with Crippen LogP contribution in [-0.2, 0) is 14.3 Å². The van der Waals surface area contributed by atoms with Gasteiger partial charge in [0.2, 0.25) is 0 Å². The minimum absolute atomic E-state index is 0.226. The number of rotatable bonds is 4. The first-order valence-electron chi connectivity index (χ1n) is 4.32. The fourth-order valence-corrected chi connectivity index (χ4v) is 0.602. The third-order valence-electron chi connectivity index (χ3n) is 1.42. The molecule has 0 aromatic rings. The Morgan fingerprint density at radius 1 is 1.33 bits per heavy atom. The van der Waals surface area contributed by atoms with Crippen LogP contribution < -0.4 is 0 Å². The van der Waals surface area contributed by atoms with Gasteiger partial charge in [-0.2, -0.15) is 0 Å².